The maximum atomic E-state index is 13.6. The molecule has 1 atom stereocenters. The zero-order chi connectivity index (χ0) is 25.4. The van der Waals surface area contributed by atoms with Gasteiger partial charge in [0.1, 0.15) is 35.6 Å². The molecule has 9 nitrogen and oxygen atoms in total. The van der Waals surface area contributed by atoms with E-state index in [0.29, 0.717) is 34.6 Å². The number of rotatable bonds is 7. The second-order valence-electron chi connectivity index (χ2n) is 8.29. The van der Waals surface area contributed by atoms with Crippen LogP contribution in [0.25, 0.3) is 22.3 Å². The van der Waals surface area contributed by atoms with Crippen LogP contribution in [0.2, 0.25) is 0 Å². The van der Waals surface area contributed by atoms with Crippen molar-refractivity contribution in [1.29, 1.82) is 0 Å². The number of ether oxygens (including phenoxy) is 2. The second-order valence-corrected chi connectivity index (χ2v) is 10.0. The molecule has 0 spiro atoms. The Morgan fingerprint density at radius 1 is 1.22 bits per heavy atom. The van der Waals surface area contributed by atoms with E-state index in [9.17, 15) is 17.6 Å². The molecule has 1 aliphatic heterocycles. The monoisotopic (exact) mass is 511 g/mol. The molecule has 5 rings (SSSR count). The Kier molecular flexibility index (Phi) is 6.00. The van der Waals surface area contributed by atoms with Gasteiger partial charge < -0.3 is 19.2 Å². The van der Waals surface area contributed by atoms with E-state index in [2.05, 4.69) is 15.0 Å². The van der Waals surface area contributed by atoms with Gasteiger partial charge in [0, 0.05) is 48.3 Å². The fourth-order valence-electron chi connectivity index (χ4n) is 4.21. The summed E-state index contributed by atoms with van der Waals surface area (Å²) < 4.78 is 58.1. The van der Waals surface area contributed by atoms with Gasteiger partial charge in [-0.2, -0.15) is 0 Å². The second kappa shape index (κ2) is 9.15. The van der Waals surface area contributed by atoms with Gasteiger partial charge in [-0.1, -0.05) is 6.07 Å². The number of furan rings is 1. The summed E-state index contributed by atoms with van der Waals surface area (Å²) in [5.41, 5.74) is 1.81. The van der Waals surface area contributed by atoms with Gasteiger partial charge in [-0.05, 0) is 30.3 Å². The van der Waals surface area contributed by atoms with E-state index in [-0.39, 0.29) is 29.2 Å². The average Bonchev–Trinajstić information content (AvgIpc) is 3.44. The number of sulfonamides is 1. The Bertz CT molecular complexity index is 1550. The first-order valence-electron chi connectivity index (χ1n) is 11.0. The third-order valence-corrected chi connectivity index (χ3v) is 6.25. The van der Waals surface area contributed by atoms with Crippen molar-refractivity contribution in [1.82, 2.24) is 10.3 Å². The summed E-state index contributed by atoms with van der Waals surface area (Å²) in [5.74, 6) is 0.105. The molecule has 36 heavy (non-hydrogen) atoms. The van der Waals surface area contributed by atoms with E-state index in [4.69, 9.17) is 13.9 Å². The standard InChI is InChI=1S/C25H22FN3O6S/c1-27-25(30)22-21-17-11-16(13-33-20-5-3-4-10-28-20)34-24(17)18(29-36(2,31)32)12-19(21)35-23(22)14-6-8-15(26)9-7-14/h3-10,12,16,29H,11,13H2,1-2H3,(H,27,30). The molecule has 1 unspecified atom stereocenters. The summed E-state index contributed by atoms with van der Waals surface area (Å²) in [7, 11) is -2.16. The summed E-state index contributed by atoms with van der Waals surface area (Å²) in [6, 6.07) is 12.3. The highest BCUT2D eigenvalue weighted by atomic mass is 32.2. The molecule has 186 valence electrons. The molecular formula is C25H22FN3O6S. The number of nitrogens with zero attached hydrogens (tertiary/aromatic N) is 1. The predicted octanol–water partition coefficient (Wildman–Crippen LogP) is 3.75. The minimum absolute atomic E-state index is 0.142. The zero-order valence-corrected chi connectivity index (χ0v) is 20.2. The average molecular weight is 512 g/mol. The van der Waals surface area contributed by atoms with Crippen molar-refractivity contribution in [2.75, 3.05) is 24.6 Å². The van der Waals surface area contributed by atoms with Crippen LogP contribution in [0, 0.1) is 5.82 Å². The lowest BCUT2D eigenvalue weighted by Gasteiger charge is -2.13. The van der Waals surface area contributed by atoms with Crippen LogP contribution in [0.4, 0.5) is 10.1 Å². The number of benzene rings is 2. The molecule has 2 aromatic heterocycles. The van der Waals surface area contributed by atoms with Gasteiger partial charge in [-0.3, -0.25) is 9.52 Å². The van der Waals surface area contributed by atoms with Crippen LogP contribution in [0.1, 0.15) is 15.9 Å². The topological polar surface area (TPSA) is 120 Å². The number of aromatic nitrogens is 1. The Balaban J connectivity index is 1.64. The molecule has 0 bridgehead atoms. The zero-order valence-electron chi connectivity index (χ0n) is 19.4. The maximum Gasteiger partial charge on any atom is 0.255 e. The Morgan fingerprint density at radius 3 is 2.67 bits per heavy atom. The van der Waals surface area contributed by atoms with Gasteiger partial charge in [-0.25, -0.2) is 17.8 Å². The molecule has 2 aromatic carbocycles. The van der Waals surface area contributed by atoms with Crippen molar-refractivity contribution in [2.45, 2.75) is 12.5 Å². The summed E-state index contributed by atoms with van der Waals surface area (Å²) in [5, 5.41) is 3.11. The molecule has 3 heterocycles. The summed E-state index contributed by atoms with van der Waals surface area (Å²) in [4.78, 5) is 17.2. The van der Waals surface area contributed by atoms with E-state index in [0.717, 1.165) is 6.26 Å². The largest absolute Gasteiger partial charge is 0.484 e. The van der Waals surface area contributed by atoms with Crippen LogP contribution in [0.15, 0.2) is 59.1 Å². The van der Waals surface area contributed by atoms with Crippen molar-refractivity contribution < 1.29 is 31.5 Å². The Labute approximate surface area is 206 Å². The molecule has 0 fully saturated rings. The number of hydrogen-bond donors (Lipinski definition) is 2. The highest BCUT2D eigenvalue weighted by Gasteiger charge is 2.34. The predicted molar refractivity (Wildman–Crippen MR) is 131 cm³/mol. The van der Waals surface area contributed by atoms with Crippen molar-refractivity contribution in [2.24, 2.45) is 0 Å². The van der Waals surface area contributed by atoms with Crippen molar-refractivity contribution in [3.63, 3.8) is 0 Å². The van der Waals surface area contributed by atoms with Gasteiger partial charge in [-0.15, -0.1) is 0 Å². The third-order valence-electron chi connectivity index (χ3n) is 5.66. The fraction of sp³-hybridized carbons (Fsp3) is 0.200. The summed E-state index contributed by atoms with van der Waals surface area (Å²) in [6.45, 7) is 0.142. The van der Waals surface area contributed by atoms with Crippen molar-refractivity contribution in [3.05, 3.63) is 71.7 Å². The van der Waals surface area contributed by atoms with Crippen molar-refractivity contribution in [3.8, 4) is 23.0 Å². The molecule has 0 radical (unpaired) electrons. The third kappa shape index (κ3) is 4.57. The Morgan fingerprint density at radius 2 is 2.00 bits per heavy atom. The first-order valence-corrected chi connectivity index (χ1v) is 12.9. The van der Waals surface area contributed by atoms with Crippen LogP contribution < -0.4 is 19.5 Å². The summed E-state index contributed by atoms with van der Waals surface area (Å²) >= 11 is 0. The quantitative estimate of drug-likeness (QED) is 0.388. The number of hydrogen-bond acceptors (Lipinski definition) is 7. The lowest BCUT2D eigenvalue weighted by Crippen LogP contribution is -2.23. The lowest BCUT2D eigenvalue weighted by atomic mass is 9.98. The van der Waals surface area contributed by atoms with Gasteiger partial charge in [0.05, 0.1) is 17.5 Å². The van der Waals surface area contributed by atoms with E-state index in [1.165, 1.54) is 37.4 Å². The first-order chi connectivity index (χ1) is 17.2. The highest BCUT2D eigenvalue weighted by Crippen LogP contribution is 2.46. The normalized spacial score (nSPS) is 14.8. The number of anilines is 1. The smallest absolute Gasteiger partial charge is 0.255 e. The van der Waals surface area contributed by atoms with Gasteiger partial charge in [0.2, 0.25) is 15.9 Å². The number of halogens is 1. The van der Waals surface area contributed by atoms with Crippen LogP contribution in [0.3, 0.4) is 0 Å². The number of amides is 1. The lowest BCUT2D eigenvalue weighted by molar-refractivity contribution is 0.0964. The van der Waals surface area contributed by atoms with Crippen LogP contribution >= 0.6 is 0 Å². The fourth-order valence-corrected chi connectivity index (χ4v) is 4.76. The van der Waals surface area contributed by atoms with Gasteiger partial charge in [0.15, 0.2) is 0 Å². The SMILES string of the molecule is CNC(=O)c1c(-c2ccc(F)cc2)oc2cc(NS(C)(=O)=O)c3c(c12)CC(COc1ccccn1)O3. The molecular weight excluding hydrogens is 489 g/mol. The number of carbonyl (C=O) groups is 1. The molecule has 2 N–H and O–H groups in total. The van der Waals surface area contributed by atoms with Gasteiger partial charge >= 0.3 is 0 Å². The Hall–Kier alpha value is -4.12. The molecule has 0 saturated heterocycles. The minimum Gasteiger partial charge on any atom is -0.484 e. The molecule has 0 aliphatic carbocycles. The maximum absolute atomic E-state index is 13.6. The van der Waals surface area contributed by atoms with E-state index < -0.39 is 27.9 Å². The number of carbonyl (C=O) groups excluding carboxylic acids is 1. The number of pyridine rings is 1. The van der Waals surface area contributed by atoms with Gasteiger partial charge in [0.25, 0.3) is 5.91 Å². The minimum atomic E-state index is -3.66. The van der Waals surface area contributed by atoms with Crippen molar-refractivity contribution >= 4 is 32.6 Å². The molecule has 11 heteroatoms. The van der Waals surface area contributed by atoms with E-state index >= 15 is 0 Å². The summed E-state index contributed by atoms with van der Waals surface area (Å²) in [6.07, 6.45) is 2.48. The molecule has 0 saturated carbocycles. The molecule has 1 aliphatic rings. The molecule has 1 amide bonds. The van der Waals surface area contributed by atoms with Crippen LogP contribution in [0.5, 0.6) is 11.6 Å². The first kappa shape index (κ1) is 23.6. The van der Waals surface area contributed by atoms with Crippen LogP contribution in [-0.4, -0.2) is 45.3 Å². The van der Waals surface area contributed by atoms with E-state index in [1.807, 2.05) is 0 Å². The molecule has 4 aromatic rings. The van der Waals surface area contributed by atoms with Crippen LogP contribution in [-0.2, 0) is 16.4 Å². The number of fused-ring (bicyclic) bond motifs is 3. The van der Waals surface area contributed by atoms with E-state index in [1.54, 1.807) is 24.4 Å². The number of nitrogens with one attached hydrogen (secondary N) is 2. The highest BCUT2D eigenvalue weighted by molar-refractivity contribution is 7.92.